The average molecular weight is 365 g/mol. The number of nitrogens with zero attached hydrogens (tertiary/aromatic N) is 3. The number of thiophene rings is 1. The summed E-state index contributed by atoms with van der Waals surface area (Å²) in [7, 11) is 0. The molecule has 2 N–H and O–H groups in total. The highest BCUT2D eigenvalue weighted by Crippen LogP contribution is 2.19. The molecule has 0 saturated heterocycles. The predicted octanol–water partition coefficient (Wildman–Crippen LogP) is 2.80. The molecule has 3 aromatic rings. The lowest BCUT2D eigenvalue weighted by atomic mass is 10.3. The predicted molar refractivity (Wildman–Crippen MR) is 91.4 cm³/mol. The van der Waals surface area contributed by atoms with E-state index in [2.05, 4.69) is 25.8 Å². The molecule has 10 heteroatoms. The van der Waals surface area contributed by atoms with Crippen molar-refractivity contribution in [1.82, 2.24) is 15.2 Å². The van der Waals surface area contributed by atoms with Crippen LogP contribution in [0.2, 0.25) is 0 Å². The second-order valence-corrected chi connectivity index (χ2v) is 7.41. The fourth-order valence-corrected chi connectivity index (χ4v) is 3.62. The first-order chi connectivity index (χ1) is 11.1. The zero-order chi connectivity index (χ0) is 16.2. The lowest BCUT2D eigenvalue weighted by Crippen LogP contribution is -2.15. The fraction of sp³-hybridized carbons (Fsp3) is 0.154. The topological polar surface area (TPSA) is 96.9 Å². The first-order valence-corrected chi connectivity index (χ1v) is 9.07. The average Bonchev–Trinajstić information content (AvgIpc) is 3.21. The molecule has 3 heterocycles. The van der Waals surface area contributed by atoms with E-state index >= 15 is 0 Å². The van der Waals surface area contributed by atoms with Crippen molar-refractivity contribution in [3.05, 3.63) is 38.5 Å². The van der Waals surface area contributed by atoms with Gasteiger partial charge in [0.05, 0.1) is 17.0 Å². The summed E-state index contributed by atoms with van der Waals surface area (Å²) in [5.41, 5.74) is 0.593. The van der Waals surface area contributed by atoms with Gasteiger partial charge in [-0.05, 0) is 18.4 Å². The highest BCUT2D eigenvalue weighted by molar-refractivity contribution is 7.15. The van der Waals surface area contributed by atoms with E-state index in [1.54, 1.807) is 11.4 Å². The molecule has 0 radical (unpaired) electrons. The van der Waals surface area contributed by atoms with Crippen molar-refractivity contribution in [1.29, 1.82) is 0 Å². The van der Waals surface area contributed by atoms with Gasteiger partial charge in [0, 0.05) is 5.38 Å². The van der Waals surface area contributed by atoms with Crippen molar-refractivity contribution in [3.8, 4) is 0 Å². The molecule has 0 unspecified atom stereocenters. The van der Waals surface area contributed by atoms with Gasteiger partial charge in [-0.1, -0.05) is 17.4 Å². The Morgan fingerprint density at radius 3 is 2.74 bits per heavy atom. The maximum Gasteiger partial charge on any atom is 0.267 e. The molecule has 23 heavy (non-hydrogen) atoms. The lowest BCUT2D eigenvalue weighted by Gasteiger charge is -1.99. The van der Waals surface area contributed by atoms with Gasteiger partial charge < -0.3 is 5.32 Å². The van der Waals surface area contributed by atoms with E-state index in [4.69, 9.17) is 0 Å². The molecule has 118 valence electrons. The minimum Gasteiger partial charge on any atom is -0.300 e. The van der Waals surface area contributed by atoms with Crippen LogP contribution in [0.3, 0.4) is 0 Å². The number of hydrogen-bond acceptors (Lipinski definition) is 8. The molecule has 0 atom stereocenters. The van der Waals surface area contributed by atoms with Gasteiger partial charge in [0.25, 0.3) is 5.91 Å². The van der Waals surface area contributed by atoms with Crippen LogP contribution in [-0.2, 0) is 11.2 Å². The number of carbonyl (C=O) groups excluding carboxylic acids is 2. The van der Waals surface area contributed by atoms with Crippen LogP contribution < -0.4 is 10.6 Å². The van der Waals surface area contributed by atoms with Crippen LogP contribution in [0.5, 0.6) is 0 Å². The summed E-state index contributed by atoms with van der Waals surface area (Å²) in [6.45, 7) is 1.82. The zero-order valence-electron chi connectivity index (χ0n) is 11.9. The minimum absolute atomic E-state index is 0.115. The standard InChI is InChI=1S/C13H11N5O2S3/c1-7-17-18-13(23-7)15-10(19)5-8-6-22-12(14-8)16-11(20)9-3-2-4-21-9/h2-4,6H,5H2,1H3,(H,14,16,20)(H,15,18,19). The van der Waals surface area contributed by atoms with Gasteiger partial charge in [0.2, 0.25) is 11.0 Å². The summed E-state index contributed by atoms with van der Waals surface area (Å²) in [6.07, 6.45) is 0.115. The van der Waals surface area contributed by atoms with E-state index in [-0.39, 0.29) is 18.2 Å². The number of anilines is 2. The van der Waals surface area contributed by atoms with Crippen LogP contribution in [0, 0.1) is 6.92 Å². The number of thiazole rings is 1. The van der Waals surface area contributed by atoms with Crippen LogP contribution in [0.15, 0.2) is 22.9 Å². The number of carbonyl (C=O) groups is 2. The Labute approximate surface area is 143 Å². The Hall–Kier alpha value is -2.17. The quantitative estimate of drug-likeness (QED) is 0.725. The van der Waals surface area contributed by atoms with E-state index in [9.17, 15) is 9.59 Å². The van der Waals surface area contributed by atoms with Crippen molar-refractivity contribution in [3.63, 3.8) is 0 Å². The molecule has 3 rings (SSSR count). The smallest absolute Gasteiger partial charge is 0.267 e. The maximum absolute atomic E-state index is 11.9. The van der Waals surface area contributed by atoms with Crippen molar-refractivity contribution in [2.75, 3.05) is 10.6 Å². The molecule has 0 aromatic carbocycles. The maximum atomic E-state index is 11.9. The third-order valence-electron chi connectivity index (χ3n) is 2.63. The molecule has 0 aliphatic rings. The summed E-state index contributed by atoms with van der Waals surface area (Å²) >= 11 is 3.95. The number of hydrogen-bond donors (Lipinski definition) is 2. The van der Waals surface area contributed by atoms with Crippen LogP contribution in [0.1, 0.15) is 20.4 Å². The SMILES string of the molecule is Cc1nnc(NC(=O)Cc2csc(NC(=O)c3cccs3)n2)s1. The van der Waals surface area contributed by atoms with Crippen molar-refractivity contribution in [2.24, 2.45) is 0 Å². The van der Waals surface area contributed by atoms with Gasteiger partial charge in [-0.25, -0.2) is 4.98 Å². The molecule has 3 aromatic heterocycles. The van der Waals surface area contributed by atoms with Gasteiger partial charge in [-0.2, -0.15) is 0 Å². The van der Waals surface area contributed by atoms with Gasteiger partial charge in [-0.15, -0.1) is 32.9 Å². The summed E-state index contributed by atoms with van der Waals surface area (Å²) in [4.78, 5) is 28.7. The van der Waals surface area contributed by atoms with Crippen LogP contribution in [0.25, 0.3) is 0 Å². The van der Waals surface area contributed by atoms with E-state index in [1.165, 1.54) is 34.0 Å². The van der Waals surface area contributed by atoms with Crippen LogP contribution in [0.4, 0.5) is 10.3 Å². The lowest BCUT2D eigenvalue weighted by molar-refractivity contribution is -0.115. The second kappa shape index (κ2) is 6.94. The van der Waals surface area contributed by atoms with E-state index in [0.717, 1.165) is 5.01 Å². The summed E-state index contributed by atoms with van der Waals surface area (Å²) in [5.74, 6) is -0.419. The van der Waals surface area contributed by atoms with Crippen LogP contribution in [-0.4, -0.2) is 27.0 Å². The summed E-state index contributed by atoms with van der Waals surface area (Å²) in [6, 6.07) is 3.55. The van der Waals surface area contributed by atoms with E-state index < -0.39 is 0 Å². The van der Waals surface area contributed by atoms with E-state index in [1.807, 2.05) is 18.4 Å². The van der Waals surface area contributed by atoms with Crippen molar-refractivity contribution < 1.29 is 9.59 Å². The highest BCUT2D eigenvalue weighted by Gasteiger charge is 2.13. The Morgan fingerprint density at radius 1 is 1.17 bits per heavy atom. The van der Waals surface area contributed by atoms with Gasteiger partial charge in [0.1, 0.15) is 5.01 Å². The first kappa shape index (κ1) is 15.7. The Morgan fingerprint density at radius 2 is 2.04 bits per heavy atom. The number of aromatic nitrogens is 3. The molecule has 0 spiro atoms. The Balaban J connectivity index is 1.56. The van der Waals surface area contributed by atoms with Gasteiger partial charge >= 0.3 is 0 Å². The number of nitrogens with one attached hydrogen (secondary N) is 2. The van der Waals surface area contributed by atoms with E-state index in [0.29, 0.717) is 20.8 Å². The summed E-state index contributed by atoms with van der Waals surface area (Å²) < 4.78 is 0. The van der Waals surface area contributed by atoms with Crippen LogP contribution >= 0.6 is 34.0 Å². The molecule has 7 nitrogen and oxygen atoms in total. The number of rotatable bonds is 5. The third kappa shape index (κ3) is 4.18. The second-order valence-electron chi connectivity index (χ2n) is 4.43. The van der Waals surface area contributed by atoms with Gasteiger partial charge in [0.15, 0.2) is 5.13 Å². The molecule has 0 aliphatic heterocycles. The molecule has 0 aliphatic carbocycles. The summed E-state index contributed by atoms with van der Waals surface area (Å²) in [5, 5.41) is 18.4. The Kier molecular flexibility index (Phi) is 4.74. The molecule has 2 amide bonds. The number of amides is 2. The number of aryl methyl sites for hydroxylation is 1. The Bertz CT molecular complexity index is 824. The molecule has 0 saturated carbocycles. The molecular weight excluding hydrogens is 354 g/mol. The monoisotopic (exact) mass is 365 g/mol. The molecular formula is C13H11N5O2S3. The fourth-order valence-electron chi connectivity index (χ4n) is 1.69. The molecule has 0 bridgehead atoms. The first-order valence-electron chi connectivity index (χ1n) is 6.49. The third-order valence-corrected chi connectivity index (χ3v) is 5.06. The molecule has 0 fully saturated rings. The largest absolute Gasteiger partial charge is 0.300 e. The zero-order valence-corrected chi connectivity index (χ0v) is 14.3. The van der Waals surface area contributed by atoms with Gasteiger partial charge in [-0.3, -0.25) is 14.9 Å². The van der Waals surface area contributed by atoms with Crippen molar-refractivity contribution in [2.45, 2.75) is 13.3 Å². The normalized spacial score (nSPS) is 10.5. The van der Waals surface area contributed by atoms with Crippen molar-refractivity contribution >= 4 is 56.1 Å². The minimum atomic E-state index is -0.220. The highest BCUT2D eigenvalue weighted by atomic mass is 32.1.